The lowest BCUT2D eigenvalue weighted by molar-refractivity contribution is 0.0938. The third-order valence-electron chi connectivity index (χ3n) is 3.04. The van der Waals surface area contributed by atoms with Crippen LogP contribution in [0.1, 0.15) is 40.3 Å². The maximum absolute atomic E-state index is 12.2. The lowest BCUT2D eigenvalue weighted by Crippen LogP contribution is -2.27. The molecule has 0 unspecified atom stereocenters. The third-order valence-corrected chi connectivity index (χ3v) is 3.60. The second-order valence-corrected chi connectivity index (χ2v) is 5.40. The molecule has 0 saturated carbocycles. The maximum atomic E-state index is 12.2. The molecule has 1 aromatic heterocycles. The lowest BCUT2D eigenvalue weighted by Gasteiger charge is -2.15. The first-order valence-electron chi connectivity index (χ1n) is 6.09. The topological polar surface area (TPSA) is 55.1 Å². The van der Waals surface area contributed by atoms with E-state index in [4.69, 9.17) is 27.7 Å². The average Bonchev–Trinajstić information content (AvgIpc) is 2.68. The van der Waals surface area contributed by atoms with E-state index in [1.54, 1.807) is 32.0 Å². The number of halogens is 2. The Labute approximate surface area is 127 Å². The van der Waals surface area contributed by atoms with E-state index >= 15 is 0 Å². The number of aromatic nitrogens is 1. The van der Waals surface area contributed by atoms with Crippen molar-refractivity contribution in [3.8, 4) is 0 Å². The number of aryl methyl sites for hydroxylation is 2. The van der Waals surface area contributed by atoms with Crippen molar-refractivity contribution in [3.05, 3.63) is 50.8 Å². The quantitative estimate of drug-likeness (QED) is 0.928. The predicted octanol–water partition coefficient (Wildman–Crippen LogP) is 4.09. The molecule has 20 heavy (non-hydrogen) atoms. The van der Waals surface area contributed by atoms with Gasteiger partial charge in [-0.05, 0) is 38.5 Å². The summed E-state index contributed by atoms with van der Waals surface area (Å²) in [5.41, 5.74) is 1.83. The van der Waals surface area contributed by atoms with E-state index in [2.05, 4.69) is 10.5 Å². The summed E-state index contributed by atoms with van der Waals surface area (Å²) in [6.07, 6.45) is 0. The van der Waals surface area contributed by atoms with Gasteiger partial charge < -0.3 is 9.84 Å². The second kappa shape index (κ2) is 5.85. The van der Waals surface area contributed by atoms with Crippen LogP contribution in [0.2, 0.25) is 10.0 Å². The SMILES string of the molecule is Cc1noc(C)c1C(=O)N[C@@H](C)c1ccc(Cl)cc1Cl. The summed E-state index contributed by atoms with van der Waals surface area (Å²) < 4.78 is 4.99. The van der Waals surface area contributed by atoms with Crippen LogP contribution in [0.25, 0.3) is 0 Å². The van der Waals surface area contributed by atoms with Crippen LogP contribution in [0.4, 0.5) is 0 Å². The van der Waals surface area contributed by atoms with Crippen LogP contribution >= 0.6 is 23.2 Å². The summed E-state index contributed by atoms with van der Waals surface area (Å²) in [6.45, 7) is 5.28. The molecule has 0 spiro atoms. The van der Waals surface area contributed by atoms with Crippen molar-refractivity contribution in [1.29, 1.82) is 0 Å². The van der Waals surface area contributed by atoms with Gasteiger partial charge in [-0.3, -0.25) is 4.79 Å². The maximum Gasteiger partial charge on any atom is 0.257 e. The van der Waals surface area contributed by atoms with Crippen LogP contribution in [0, 0.1) is 13.8 Å². The highest BCUT2D eigenvalue weighted by Gasteiger charge is 2.20. The van der Waals surface area contributed by atoms with Crippen molar-refractivity contribution in [2.45, 2.75) is 26.8 Å². The van der Waals surface area contributed by atoms with E-state index in [0.717, 1.165) is 5.56 Å². The number of carbonyl (C=O) groups excluding carboxylic acids is 1. The fraction of sp³-hybridized carbons (Fsp3) is 0.286. The van der Waals surface area contributed by atoms with Crippen LogP contribution in [0.15, 0.2) is 22.7 Å². The highest BCUT2D eigenvalue weighted by molar-refractivity contribution is 6.35. The fourth-order valence-corrected chi connectivity index (χ4v) is 2.58. The van der Waals surface area contributed by atoms with Crippen molar-refractivity contribution < 1.29 is 9.32 Å². The standard InChI is InChI=1S/C14H14Cl2N2O2/c1-7(11-5-4-10(15)6-12(11)16)17-14(19)13-8(2)18-20-9(13)3/h4-7H,1-3H3,(H,17,19)/t7-/m0/s1. The Morgan fingerprint density at radius 1 is 1.35 bits per heavy atom. The van der Waals surface area contributed by atoms with Crippen molar-refractivity contribution in [1.82, 2.24) is 10.5 Å². The van der Waals surface area contributed by atoms with Gasteiger partial charge in [0.25, 0.3) is 5.91 Å². The largest absolute Gasteiger partial charge is 0.361 e. The zero-order chi connectivity index (χ0) is 14.9. The van der Waals surface area contributed by atoms with Gasteiger partial charge in [0.05, 0.1) is 11.7 Å². The summed E-state index contributed by atoms with van der Waals surface area (Å²) >= 11 is 12.0. The first-order valence-corrected chi connectivity index (χ1v) is 6.84. The van der Waals surface area contributed by atoms with E-state index < -0.39 is 0 Å². The van der Waals surface area contributed by atoms with E-state index in [9.17, 15) is 4.79 Å². The Kier molecular flexibility index (Phi) is 4.35. The Bertz CT molecular complexity index is 633. The van der Waals surface area contributed by atoms with E-state index in [1.807, 2.05) is 6.92 Å². The van der Waals surface area contributed by atoms with E-state index in [0.29, 0.717) is 27.1 Å². The van der Waals surface area contributed by atoms with Gasteiger partial charge in [0.15, 0.2) is 0 Å². The first kappa shape index (κ1) is 14.9. The molecule has 0 fully saturated rings. The summed E-state index contributed by atoms with van der Waals surface area (Å²) in [5.74, 6) is 0.258. The van der Waals surface area contributed by atoms with Crippen molar-refractivity contribution in [2.75, 3.05) is 0 Å². The Balaban J connectivity index is 2.19. The molecule has 0 aliphatic carbocycles. The minimum atomic E-state index is -0.249. The molecule has 1 heterocycles. The highest BCUT2D eigenvalue weighted by Crippen LogP contribution is 2.26. The Morgan fingerprint density at radius 2 is 2.05 bits per heavy atom. The van der Waals surface area contributed by atoms with E-state index in [1.165, 1.54) is 0 Å². The van der Waals surface area contributed by atoms with Crippen LogP contribution in [-0.4, -0.2) is 11.1 Å². The fourth-order valence-electron chi connectivity index (χ4n) is 2.01. The summed E-state index contributed by atoms with van der Waals surface area (Å²) in [4.78, 5) is 12.2. The molecule has 0 saturated heterocycles. The zero-order valence-electron chi connectivity index (χ0n) is 11.3. The monoisotopic (exact) mass is 312 g/mol. The van der Waals surface area contributed by atoms with E-state index in [-0.39, 0.29) is 11.9 Å². The van der Waals surface area contributed by atoms with Gasteiger partial charge in [0.1, 0.15) is 11.3 Å². The lowest BCUT2D eigenvalue weighted by atomic mass is 10.1. The van der Waals surface area contributed by atoms with Crippen LogP contribution < -0.4 is 5.32 Å². The van der Waals surface area contributed by atoms with Crippen LogP contribution in [0.3, 0.4) is 0 Å². The molecule has 0 radical (unpaired) electrons. The summed E-state index contributed by atoms with van der Waals surface area (Å²) in [5, 5.41) is 7.72. The summed E-state index contributed by atoms with van der Waals surface area (Å²) in [7, 11) is 0. The van der Waals surface area contributed by atoms with Gasteiger partial charge in [-0.1, -0.05) is 34.4 Å². The second-order valence-electron chi connectivity index (χ2n) is 4.56. The van der Waals surface area contributed by atoms with Gasteiger partial charge in [0.2, 0.25) is 0 Å². The third kappa shape index (κ3) is 2.97. The van der Waals surface area contributed by atoms with Gasteiger partial charge >= 0.3 is 0 Å². The number of hydrogen-bond acceptors (Lipinski definition) is 3. The summed E-state index contributed by atoms with van der Waals surface area (Å²) in [6, 6.07) is 4.93. The van der Waals surface area contributed by atoms with Crippen molar-refractivity contribution in [3.63, 3.8) is 0 Å². The molecule has 6 heteroatoms. The molecule has 106 valence electrons. The average molecular weight is 313 g/mol. The Hall–Kier alpha value is -1.52. The predicted molar refractivity (Wildman–Crippen MR) is 78.3 cm³/mol. The van der Waals surface area contributed by atoms with Crippen LogP contribution in [0.5, 0.6) is 0 Å². The molecule has 0 bridgehead atoms. The number of nitrogens with zero attached hydrogens (tertiary/aromatic N) is 1. The molecule has 1 atom stereocenters. The minimum absolute atomic E-state index is 0.236. The Morgan fingerprint density at radius 3 is 2.60 bits per heavy atom. The van der Waals surface area contributed by atoms with Gasteiger partial charge in [-0.25, -0.2) is 0 Å². The number of benzene rings is 1. The first-order chi connectivity index (χ1) is 9.40. The molecule has 1 amide bonds. The molecule has 2 rings (SSSR count). The van der Waals surface area contributed by atoms with Crippen molar-refractivity contribution in [2.24, 2.45) is 0 Å². The van der Waals surface area contributed by atoms with Crippen LogP contribution in [-0.2, 0) is 0 Å². The molecule has 0 aliphatic heterocycles. The molecule has 2 aromatic rings. The molecular weight excluding hydrogens is 299 g/mol. The molecule has 4 nitrogen and oxygen atoms in total. The smallest absolute Gasteiger partial charge is 0.257 e. The molecule has 1 aromatic carbocycles. The molecular formula is C14H14Cl2N2O2. The van der Waals surface area contributed by atoms with Gasteiger partial charge in [-0.15, -0.1) is 0 Å². The number of rotatable bonds is 3. The number of carbonyl (C=O) groups is 1. The highest BCUT2D eigenvalue weighted by atomic mass is 35.5. The number of nitrogens with one attached hydrogen (secondary N) is 1. The van der Waals surface area contributed by atoms with Gasteiger partial charge in [-0.2, -0.15) is 0 Å². The normalized spacial score (nSPS) is 12.2. The van der Waals surface area contributed by atoms with Gasteiger partial charge in [0, 0.05) is 10.0 Å². The number of hydrogen-bond donors (Lipinski definition) is 1. The number of amides is 1. The molecule has 1 N–H and O–H groups in total. The zero-order valence-corrected chi connectivity index (χ0v) is 12.8. The molecule has 0 aliphatic rings. The van der Waals surface area contributed by atoms with Crippen molar-refractivity contribution >= 4 is 29.1 Å². The minimum Gasteiger partial charge on any atom is -0.361 e.